The number of nitriles is 1. The summed E-state index contributed by atoms with van der Waals surface area (Å²) in [6, 6.07) is 9.99. The van der Waals surface area contributed by atoms with Crippen LogP contribution in [0.15, 0.2) is 36.0 Å². The number of carbonyl (C=O) groups excluding carboxylic acids is 2. The fourth-order valence-electron chi connectivity index (χ4n) is 2.63. The Morgan fingerprint density at radius 3 is 2.50 bits per heavy atom. The highest BCUT2D eigenvalue weighted by atomic mass is 16.2. The third-order valence-electron chi connectivity index (χ3n) is 4.00. The van der Waals surface area contributed by atoms with Crippen molar-refractivity contribution in [3.8, 4) is 6.07 Å². The lowest BCUT2D eigenvalue weighted by atomic mass is 10.1. The first-order valence-electron chi connectivity index (χ1n) is 7.95. The third-order valence-corrected chi connectivity index (χ3v) is 4.00. The summed E-state index contributed by atoms with van der Waals surface area (Å²) in [6.45, 7) is 6.02. The van der Waals surface area contributed by atoms with E-state index >= 15 is 0 Å². The van der Waals surface area contributed by atoms with Crippen LogP contribution in [-0.4, -0.2) is 47.8 Å². The Bertz CT molecular complexity index is 683. The van der Waals surface area contributed by atoms with Crippen molar-refractivity contribution in [1.29, 1.82) is 5.26 Å². The molecule has 1 aliphatic heterocycles. The molecule has 1 saturated heterocycles. The van der Waals surface area contributed by atoms with E-state index in [9.17, 15) is 14.9 Å². The van der Waals surface area contributed by atoms with Gasteiger partial charge in [-0.25, -0.2) is 0 Å². The molecule has 6 heteroatoms. The van der Waals surface area contributed by atoms with Gasteiger partial charge in [0, 0.05) is 45.8 Å². The summed E-state index contributed by atoms with van der Waals surface area (Å²) in [6.07, 6.45) is 1.47. The number of hydrogen-bond donors (Lipinski definition) is 1. The Labute approximate surface area is 142 Å². The molecular weight excluding hydrogens is 304 g/mol. The second-order valence-electron chi connectivity index (χ2n) is 5.84. The Morgan fingerprint density at radius 2 is 1.92 bits per heavy atom. The van der Waals surface area contributed by atoms with Gasteiger partial charge in [0.2, 0.25) is 5.91 Å². The maximum Gasteiger partial charge on any atom is 0.266 e. The summed E-state index contributed by atoms with van der Waals surface area (Å²) in [5.41, 5.74) is 2.34. The molecule has 1 fully saturated rings. The van der Waals surface area contributed by atoms with Gasteiger partial charge < -0.3 is 15.1 Å². The van der Waals surface area contributed by atoms with E-state index in [0.29, 0.717) is 32.7 Å². The fourth-order valence-corrected chi connectivity index (χ4v) is 2.63. The van der Waals surface area contributed by atoms with Crippen LogP contribution in [0.2, 0.25) is 0 Å². The minimum Gasteiger partial charge on any atom is -0.386 e. The molecule has 0 saturated carbocycles. The summed E-state index contributed by atoms with van der Waals surface area (Å²) >= 11 is 0. The topological polar surface area (TPSA) is 76.4 Å². The second kappa shape index (κ2) is 8.16. The van der Waals surface area contributed by atoms with E-state index in [-0.39, 0.29) is 17.4 Å². The lowest BCUT2D eigenvalue weighted by Gasteiger charge is -2.34. The smallest absolute Gasteiger partial charge is 0.266 e. The number of benzene rings is 1. The summed E-state index contributed by atoms with van der Waals surface area (Å²) in [5.74, 6) is -0.282. The number of carbonyl (C=O) groups is 2. The van der Waals surface area contributed by atoms with Gasteiger partial charge in [-0.1, -0.05) is 29.8 Å². The number of nitrogens with one attached hydrogen (secondary N) is 1. The summed E-state index contributed by atoms with van der Waals surface area (Å²) in [5, 5.41) is 12.3. The molecule has 6 nitrogen and oxygen atoms in total. The van der Waals surface area contributed by atoms with Crippen LogP contribution >= 0.6 is 0 Å². The molecule has 0 unspecified atom stereocenters. The average Bonchev–Trinajstić information content (AvgIpc) is 2.58. The van der Waals surface area contributed by atoms with Crippen molar-refractivity contribution >= 4 is 11.8 Å². The SMILES string of the molecule is CC(=O)N1CCN(C(=O)/C(C#N)=C\NCc2cccc(C)c2)CC1. The van der Waals surface area contributed by atoms with Crippen molar-refractivity contribution in [3.05, 3.63) is 47.2 Å². The summed E-state index contributed by atoms with van der Waals surface area (Å²) < 4.78 is 0. The maximum absolute atomic E-state index is 12.4. The van der Waals surface area contributed by atoms with Crippen LogP contribution in [-0.2, 0) is 16.1 Å². The van der Waals surface area contributed by atoms with E-state index in [0.717, 1.165) is 5.56 Å². The first-order chi connectivity index (χ1) is 11.5. The Morgan fingerprint density at radius 1 is 1.25 bits per heavy atom. The van der Waals surface area contributed by atoms with Crippen molar-refractivity contribution < 1.29 is 9.59 Å². The quantitative estimate of drug-likeness (QED) is 0.666. The Kier molecular flexibility index (Phi) is 5.96. The van der Waals surface area contributed by atoms with Crippen LogP contribution in [0.5, 0.6) is 0 Å². The van der Waals surface area contributed by atoms with Crippen LogP contribution in [0.4, 0.5) is 0 Å². The number of hydrogen-bond acceptors (Lipinski definition) is 4. The predicted molar refractivity (Wildman–Crippen MR) is 90.5 cm³/mol. The highest BCUT2D eigenvalue weighted by Crippen LogP contribution is 2.08. The van der Waals surface area contributed by atoms with E-state index in [1.54, 1.807) is 9.80 Å². The largest absolute Gasteiger partial charge is 0.386 e. The van der Waals surface area contributed by atoms with Crippen molar-refractivity contribution in [2.24, 2.45) is 0 Å². The molecule has 0 aliphatic carbocycles. The average molecular weight is 326 g/mol. The summed E-state index contributed by atoms with van der Waals surface area (Å²) in [7, 11) is 0. The first kappa shape index (κ1) is 17.5. The van der Waals surface area contributed by atoms with Gasteiger partial charge in [-0.15, -0.1) is 0 Å². The highest BCUT2D eigenvalue weighted by molar-refractivity contribution is 5.97. The molecular formula is C18H22N4O2. The number of aryl methyl sites for hydroxylation is 1. The molecule has 24 heavy (non-hydrogen) atoms. The van der Waals surface area contributed by atoms with E-state index in [2.05, 4.69) is 11.4 Å². The zero-order valence-electron chi connectivity index (χ0n) is 14.1. The van der Waals surface area contributed by atoms with E-state index in [1.165, 1.54) is 18.7 Å². The van der Waals surface area contributed by atoms with Gasteiger partial charge in [0.15, 0.2) is 0 Å². The second-order valence-corrected chi connectivity index (χ2v) is 5.84. The van der Waals surface area contributed by atoms with Crippen LogP contribution in [0.3, 0.4) is 0 Å². The van der Waals surface area contributed by atoms with Gasteiger partial charge >= 0.3 is 0 Å². The zero-order valence-corrected chi connectivity index (χ0v) is 14.1. The molecule has 0 radical (unpaired) electrons. The Hall–Kier alpha value is -2.81. The van der Waals surface area contributed by atoms with Gasteiger partial charge in [0.25, 0.3) is 5.91 Å². The Balaban J connectivity index is 1.92. The van der Waals surface area contributed by atoms with Crippen molar-refractivity contribution in [1.82, 2.24) is 15.1 Å². The van der Waals surface area contributed by atoms with E-state index in [4.69, 9.17) is 0 Å². The van der Waals surface area contributed by atoms with Crippen LogP contribution in [0.1, 0.15) is 18.1 Å². The standard InChI is InChI=1S/C18H22N4O2/c1-14-4-3-5-16(10-14)12-20-13-17(11-19)18(24)22-8-6-21(7-9-22)15(2)23/h3-5,10,13,20H,6-9,12H2,1-2H3/b17-13-. The molecule has 1 aromatic rings. The molecule has 0 atom stereocenters. The normalized spacial score (nSPS) is 15.0. The van der Waals surface area contributed by atoms with Gasteiger partial charge in [0.05, 0.1) is 0 Å². The lowest BCUT2D eigenvalue weighted by Crippen LogP contribution is -2.50. The van der Waals surface area contributed by atoms with Crippen molar-refractivity contribution in [3.63, 3.8) is 0 Å². The maximum atomic E-state index is 12.4. The minimum absolute atomic E-state index is 0.0120. The lowest BCUT2D eigenvalue weighted by molar-refractivity contribution is -0.136. The molecule has 0 aromatic heterocycles. The number of piperazine rings is 1. The van der Waals surface area contributed by atoms with Gasteiger partial charge in [-0.05, 0) is 12.5 Å². The number of rotatable bonds is 4. The van der Waals surface area contributed by atoms with Crippen molar-refractivity contribution in [2.75, 3.05) is 26.2 Å². The fraction of sp³-hybridized carbons (Fsp3) is 0.389. The van der Waals surface area contributed by atoms with Crippen LogP contribution in [0, 0.1) is 18.3 Å². The first-order valence-corrected chi connectivity index (χ1v) is 7.95. The number of nitrogens with zero attached hydrogens (tertiary/aromatic N) is 3. The van der Waals surface area contributed by atoms with Crippen molar-refractivity contribution in [2.45, 2.75) is 20.4 Å². The van der Waals surface area contributed by atoms with E-state index < -0.39 is 0 Å². The number of amides is 2. The molecule has 2 rings (SSSR count). The molecule has 1 heterocycles. The molecule has 126 valence electrons. The van der Waals surface area contributed by atoms with Gasteiger partial charge in [-0.3, -0.25) is 9.59 Å². The van der Waals surface area contributed by atoms with E-state index in [1.807, 2.05) is 31.2 Å². The zero-order chi connectivity index (χ0) is 17.5. The molecule has 0 spiro atoms. The predicted octanol–water partition coefficient (Wildman–Crippen LogP) is 1.18. The molecule has 1 aromatic carbocycles. The third kappa shape index (κ3) is 4.59. The van der Waals surface area contributed by atoms with Gasteiger partial charge in [-0.2, -0.15) is 5.26 Å². The monoisotopic (exact) mass is 326 g/mol. The molecule has 1 N–H and O–H groups in total. The minimum atomic E-state index is -0.294. The summed E-state index contributed by atoms with van der Waals surface area (Å²) in [4.78, 5) is 27.0. The highest BCUT2D eigenvalue weighted by Gasteiger charge is 2.24. The van der Waals surface area contributed by atoms with Crippen LogP contribution < -0.4 is 5.32 Å². The molecule has 2 amide bonds. The molecule has 1 aliphatic rings. The van der Waals surface area contributed by atoms with Gasteiger partial charge in [0.1, 0.15) is 11.6 Å². The van der Waals surface area contributed by atoms with Crippen LogP contribution in [0.25, 0.3) is 0 Å². The molecule has 0 bridgehead atoms.